The van der Waals surface area contributed by atoms with Gasteiger partial charge in [-0.2, -0.15) is 0 Å². The molecular formula is C12H17NO3. The van der Waals surface area contributed by atoms with Gasteiger partial charge in [0, 0.05) is 32.9 Å². The van der Waals surface area contributed by atoms with Crippen LogP contribution in [0.4, 0.5) is 0 Å². The topological polar surface area (TPSA) is 49.8 Å². The van der Waals surface area contributed by atoms with E-state index in [0.29, 0.717) is 18.7 Å². The number of phenolic OH excluding ortho intramolecular Hbond substituents is 1. The molecular weight excluding hydrogens is 206 g/mol. The van der Waals surface area contributed by atoms with Gasteiger partial charge in [-0.25, -0.2) is 0 Å². The summed E-state index contributed by atoms with van der Waals surface area (Å²) in [5.74, 6) is 0.0168. The third-order valence-electron chi connectivity index (χ3n) is 2.28. The molecule has 1 N–H and O–H groups in total. The van der Waals surface area contributed by atoms with E-state index >= 15 is 0 Å². The number of benzene rings is 1. The van der Waals surface area contributed by atoms with Crippen molar-refractivity contribution in [1.82, 2.24) is 4.90 Å². The van der Waals surface area contributed by atoms with E-state index < -0.39 is 0 Å². The summed E-state index contributed by atoms with van der Waals surface area (Å²) < 4.78 is 4.92. The fourth-order valence-corrected chi connectivity index (χ4v) is 1.41. The Labute approximate surface area is 95.5 Å². The number of phenols is 1. The highest BCUT2D eigenvalue weighted by molar-refractivity contribution is 5.94. The monoisotopic (exact) mass is 223 g/mol. The maximum atomic E-state index is 11.9. The zero-order valence-electron chi connectivity index (χ0n) is 9.64. The van der Waals surface area contributed by atoms with Crippen molar-refractivity contribution in [3.8, 4) is 5.75 Å². The van der Waals surface area contributed by atoms with Gasteiger partial charge in [0.15, 0.2) is 0 Å². The number of hydrogen-bond donors (Lipinski definition) is 1. The number of carbonyl (C=O) groups is 1. The zero-order valence-corrected chi connectivity index (χ0v) is 9.64. The molecule has 1 aromatic rings. The van der Waals surface area contributed by atoms with Crippen LogP contribution >= 0.6 is 0 Å². The number of ether oxygens (including phenoxy) is 1. The number of nitrogens with zero attached hydrogens (tertiary/aromatic N) is 1. The fraction of sp³-hybridized carbons (Fsp3) is 0.417. The van der Waals surface area contributed by atoms with E-state index in [4.69, 9.17) is 4.74 Å². The lowest BCUT2D eigenvalue weighted by Gasteiger charge is -2.16. The van der Waals surface area contributed by atoms with E-state index in [0.717, 1.165) is 6.42 Å². The molecule has 88 valence electrons. The molecule has 0 atom stereocenters. The minimum atomic E-state index is -0.0907. The largest absolute Gasteiger partial charge is 0.508 e. The number of aromatic hydroxyl groups is 1. The van der Waals surface area contributed by atoms with Crippen molar-refractivity contribution >= 4 is 5.91 Å². The van der Waals surface area contributed by atoms with Crippen molar-refractivity contribution < 1.29 is 14.6 Å². The van der Waals surface area contributed by atoms with Crippen LogP contribution in [0.25, 0.3) is 0 Å². The van der Waals surface area contributed by atoms with Gasteiger partial charge in [0.1, 0.15) is 5.75 Å². The lowest BCUT2D eigenvalue weighted by molar-refractivity contribution is 0.0779. The molecule has 0 saturated carbocycles. The summed E-state index contributed by atoms with van der Waals surface area (Å²) in [4.78, 5) is 13.5. The van der Waals surface area contributed by atoms with Crippen LogP contribution in [0.2, 0.25) is 0 Å². The van der Waals surface area contributed by atoms with E-state index in [2.05, 4.69) is 0 Å². The van der Waals surface area contributed by atoms with E-state index in [9.17, 15) is 9.90 Å². The van der Waals surface area contributed by atoms with Gasteiger partial charge in [-0.15, -0.1) is 0 Å². The van der Waals surface area contributed by atoms with Crippen LogP contribution in [0.15, 0.2) is 24.3 Å². The molecule has 0 radical (unpaired) electrons. The molecule has 1 amide bonds. The summed E-state index contributed by atoms with van der Waals surface area (Å²) in [6.45, 7) is 1.28. The summed E-state index contributed by atoms with van der Waals surface area (Å²) >= 11 is 0. The molecule has 0 fully saturated rings. The fourth-order valence-electron chi connectivity index (χ4n) is 1.41. The van der Waals surface area contributed by atoms with Gasteiger partial charge in [0.25, 0.3) is 5.91 Å². The van der Waals surface area contributed by atoms with Crippen molar-refractivity contribution in [2.24, 2.45) is 0 Å². The Balaban J connectivity index is 2.56. The van der Waals surface area contributed by atoms with Crippen LogP contribution in [-0.4, -0.2) is 43.2 Å². The number of amides is 1. The third-order valence-corrected chi connectivity index (χ3v) is 2.28. The quantitative estimate of drug-likeness (QED) is 0.770. The zero-order chi connectivity index (χ0) is 12.0. The average Bonchev–Trinajstić information content (AvgIpc) is 2.28. The van der Waals surface area contributed by atoms with Crippen LogP contribution in [0.5, 0.6) is 5.75 Å². The summed E-state index contributed by atoms with van der Waals surface area (Å²) in [6, 6.07) is 6.36. The second kappa shape index (κ2) is 6.12. The Hall–Kier alpha value is -1.55. The predicted molar refractivity (Wildman–Crippen MR) is 61.6 cm³/mol. The molecule has 0 aliphatic rings. The van der Waals surface area contributed by atoms with Crippen molar-refractivity contribution in [2.45, 2.75) is 6.42 Å². The van der Waals surface area contributed by atoms with Crippen LogP contribution in [0.3, 0.4) is 0 Å². The Bertz CT molecular complexity index is 352. The van der Waals surface area contributed by atoms with E-state index in [1.54, 1.807) is 37.3 Å². The molecule has 0 saturated heterocycles. The molecule has 0 bridgehead atoms. The van der Waals surface area contributed by atoms with E-state index in [1.807, 2.05) is 0 Å². The van der Waals surface area contributed by atoms with Gasteiger partial charge in [0.2, 0.25) is 0 Å². The Kier molecular flexibility index (Phi) is 4.79. The number of methoxy groups -OCH3 is 1. The van der Waals surface area contributed by atoms with E-state index in [1.165, 1.54) is 6.07 Å². The van der Waals surface area contributed by atoms with Gasteiger partial charge < -0.3 is 14.7 Å². The van der Waals surface area contributed by atoms with Crippen LogP contribution in [0.1, 0.15) is 16.8 Å². The number of hydrogen-bond acceptors (Lipinski definition) is 3. The molecule has 0 aliphatic carbocycles. The normalized spacial score (nSPS) is 10.1. The molecule has 0 aromatic heterocycles. The van der Waals surface area contributed by atoms with Crippen molar-refractivity contribution in [2.75, 3.05) is 27.3 Å². The van der Waals surface area contributed by atoms with Crippen LogP contribution in [0, 0.1) is 0 Å². The summed E-state index contributed by atoms with van der Waals surface area (Å²) in [7, 11) is 3.37. The minimum absolute atomic E-state index is 0.0907. The Morgan fingerprint density at radius 2 is 2.25 bits per heavy atom. The van der Waals surface area contributed by atoms with Gasteiger partial charge in [0.05, 0.1) is 0 Å². The van der Waals surface area contributed by atoms with Gasteiger partial charge in [-0.1, -0.05) is 6.07 Å². The molecule has 0 unspecified atom stereocenters. The Morgan fingerprint density at radius 1 is 1.50 bits per heavy atom. The van der Waals surface area contributed by atoms with Crippen molar-refractivity contribution in [3.63, 3.8) is 0 Å². The third kappa shape index (κ3) is 3.55. The minimum Gasteiger partial charge on any atom is -0.508 e. The molecule has 0 aliphatic heterocycles. The molecule has 1 aromatic carbocycles. The first-order valence-electron chi connectivity index (χ1n) is 5.18. The second-order valence-electron chi connectivity index (χ2n) is 3.62. The molecule has 0 heterocycles. The van der Waals surface area contributed by atoms with Crippen LogP contribution < -0.4 is 0 Å². The van der Waals surface area contributed by atoms with Crippen molar-refractivity contribution in [1.29, 1.82) is 0 Å². The number of carbonyl (C=O) groups excluding carboxylic acids is 1. The molecule has 1 rings (SSSR count). The lowest BCUT2D eigenvalue weighted by Crippen LogP contribution is -2.28. The highest BCUT2D eigenvalue weighted by atomic mass is 16.5. The molecule has 0 spiro atoms. The summed E-state index contributed by atoms with van der Waals surface area (Å²) in [6.07, 6.45) is 0.803. The molecule has 4 nitrogen and oxygen atoms in total. The predicted octanol–water partition coefficient (Wildman–Crippen LogP) is 1.50. The van der Waals surface area contributed by atoms with Gasteiger partial charge in [-0.3, -0.25) is 4.79 Å². The van der Waals surface area contributed by atoms with Gasteiger partial charge in [-0.05, 0) is 24.6 Å². The summed E-state index contributed by atoms with van der Waals surface area (Å²) in [5, 5.41) is 9.27. The first-order chi connectivity index (χ1) is 7.65. The van der Waals surface area contributed by atoms with Crippen molar-refractivity contribution in [3.05, 3.63) is 29.8 Å². The lowest BCUT2D eigenvalue weighted by atomic mass is 10.2. The first-order valence-corrected chi connectivity index (χ1v) is 5.18. The SMILES string of the molecule is COCCCN(C)C(=O)c1cccc(O)c1. The highest BCUT2D eigenvalue weighted by Gasteiger charge is 2.11. The first kappa shape index (κ1) is 12.5. The van der Waals surface area contributed by atoms with Gasteiger partial charge >= 0.3 is 0 Å². The maximum absolute atomic E-state index is 11.9. The van der Waals surface area contributed by atoms with Crippen LogP contribution in [-0.2, 0) is 4.74 Å². The standard InChI is InChI=1S/C12H17NO3/c1-13(7-4-8-16-2)12(15)10-5-3-6-11(14)9-10/h3,5-6,9,14H,4,7-8H2,1-2H3. The average molecular weight is 223 g/mol. The molecule has 16 heavy (non-hydrogen) atoms. The second-order valence-corrected chi connectivity index (χ2v) is 3.62. The van der Waals surface area contributed by atoms with E-state index in [-0.39, 0.29) is 11.7 Å². The maximum Gasteiger partial charge on any atom is 0.253 e. The Morgan fingerprint density at radius 3 is 2.88 bits per heavy atom. The highest BCUT2D eigenvalue weighted by Crippen LogP contribution is 2.12. The summed E-state index contributed by atoms with van der Waals surface area (Å²) in [5.41, 5.74) is 0.500. The smallest absolute Gasteiger partial charge is 0.253 e. The molecule has 4 heteroatoms. The number of rotatable bonds is 5.